The van der Waals surface area contributed by atoms with E-state index in [-0.39, 0.29) is 54.8 Å². The number of amides is 1. The summed E-state index contributed by atoms with van der Waals surface area (Å²) in [5.74, 6) is 0.0557. The SMILES string of the molecule is C[CH-]NC(=O)[C@H](CC1(C)CCCC1)N=C1NS(=O)(=O)c2ccccc21.[Y]. The number of hydrogen-bond acceptors (Lipinski definition) is 4. The first-order valence-corrected chi connectivity index (χ1v) is 10.1. The Morgan fingerprint density at radius 1 is 1.35 bits per heavy atom. The Balaban J connectivity index is 0.00000243. The van der Waals surface area contributed by atoms with E-state index in [1.165, 1.54) is 0 Å². The average Bonchev–Trinajstić information content (AvgIpc) is 3.10. The first kappa shape index (κ1) is 21.5. The van der Waals surface area contributed by atoms with Crippen LogP contribution in [0.2, 0.25) is 0 Å². The van der Waals surface area contributed by atoms with Gasteiger partial charge in [-0.3, -0.25) is 14.5 Å². The fourth-order valence-corrected chi connectivity index (χ4v) is 4.96. The van der Waals surface area contributed by atoms with Gasteiger partial charge in [0.05, 0.1) is 4.90 Å². The van der Waals surface area contributed by atoms with Crippen LogP contribution in [0.4, 0.5) is 0 Å². The molecule has 0 unspecified atom stereocenters. The summed E-state index contributed by atoms with van der Waals surface area (Å²) >= 11 is 0. The number of nitrogens with one attached hydrogen (secondary N) is 2. The predicted molar refractivity (Wildman–Crippen MR) is 96.4 cm³/mol. The quantitative estimate of drug-likeness (QED) is 0.674. The molecule has 1 aliphatic heterocycles. The van der Waals surface area contributed by atoms with Crippen molar-refractivity contribution in [2.45, 2.75) is 56.9 Å². The zero-order chi connectivity index (χ0) is 18.1. The van der Waals surface area contributed by atoms with Crippen molar-refractivity contribution < 1.29 is 45.9 Å². The van der Waals surface area contributed by atoms with Gasteiger partial charge in [0.25, 0.3) is 10.0 Å². The summed E-state index contributed by atoms with van der Waals surface area (Å²) in [6, 6.07) is 6.08. The van der Waals surface area contributed by atoms with Crippen LogP contribution in [-0.4, -0.2) is 26.2 Å². The zero-order valence-electron chi connectivity index (χ0n) is 15.2. The van der Waals surface area contributed by atoms with Gasteiger partial charge in [-0.2, -0.15) is 6.92 Å². The third kappa shape index (κ3) is 4.54. The van der Waals surface area contributed by atoms with Gasteiger partial charge < -0.3 is 5.32 Å². The second-order valence-corrected chi connectivity index (χ2v) is 8.77. The van der Waals surface area contributed by atoms with Gasteiger partial charge in [0.1, 0.15) is 11.9 Å². The number of benzene rings is 1. The van der Waals surface area contributed by atoms with E-state index < -0.39 is 16.1 Å². The minimum absolute atomic E-state index is 0. The van der Waals surface area contributed by atoms with Gasteiger partial charge in [0.15, 0.2) is 0 Å². The van der Waals surface area contributed by atoms with Crippen LogP contribution in [0, 0.1) is 12.0 Å². The number of hydrogen-bond donors (Lipinski definition) is 2. The minimum Gasteiger partial charge on any atom is -0.504 e. The number of nitrogens with zero attached hydrogens (tertiary/aromatic N) is 1. The van der Waals surface area contributed by atoms with Crippen molar-refractivity contribution in [3.05, 3.63) is 36.4 Å². The van der Waals surface area contributed by atoms with Crippen LogP contribution in [0.25, 0.3) is 0 Å². The van der Waals surface area contributed by atoms with Gasteiger partial charge in [0.2, 0.25) is 5.91 Å². The largest absolute Gasteiger partial charge is 0.504 e. The molecule has 1 saturated carbocycles. The van der Waals surface area contributed by atoms with E-state index in [4.69, 9.17) is 0 Å². The Labute approximate surface area is 180 Å². The molecule has 6 nitrogen and oxygen atoms in total. The summed E-state index contributed by atoms with van der Waals surface area (Å²) in [6.45, 7) is 5.51. The van der Waals surface area contributed by atoms with Gasteiger partial charge in [-0.1, -0.05) is 31.9 Å². The second kappa shape index (κ2) is 8.49. The van der Waals surface area contributed by atoms with Crippen LogP contribution in [0.3, 0.4) is 0 Å². The summed E-state index contributed by atoms with van der Waals surface area (Å²) in [6.07, 6.45) is 5.08. The number of fused-ring (bicyclic) bond motifs is 1. The van der Waals surface area contributed by atoms with Crippen LogP contribution >= 0.6 is 0 Å². The normalized spacial score (nSPS) is 22.2. The Kier molecular flexibility index (Phi) is 7.02. The van der Waals surface area contributed by atoms with Crippen LogP contribution in [0.1, 0.15) is 51.5 Å². The molecule has 8 heteroatoms. The smallest absolute Gasteiger partial charge is 0.263 e. The number of carbonyl (C=O) groups is 1. The standard InChI is InChI=1S/C18H24N3O3S.Y/c1-3-19-17(22)14(12-18(2)10-6-7-11-18)20-16-13-8-4-5-9-15(13)25(23,24)21-16;/h3-5,8-9,14H,6-7,10-12H2,1-2H3,(H,19,22)(H,20,21);/q-1;/t14-;/m0./s1. The third-order valence-electron chi connectivity index (χ3n) is 5.03. The van der Waals surface area contributed by atoms with Gasteiger partial charge in [-0.05, 0) is 36.8 Å². The molecule has 1 aliphatic carbocycles. The summed E-state index contributed by atoms with van der Waals surface area (Å²) in [4.78, 5) is 17.3. The average molecular weight is 451 g/mol. The molecular formula is C18H24N3O3SY-. The molecule has 1 amide bonds. The van der Waals surface area contributed by atoms with E-state index in [0.29, 0.717) is 12.0 Å². The molecule has 1 aromatic carbocycles. The molecule has 2 aliphatic rings. The Morgan fingerprint density at radius 3 is 2.65 bits per heavy atom. The predicted octanol–water partition coefficient (Wildman–Crippen LogP) is 2.36. The number of carbonyl (C=O) groups excluding carboxylic acids is 1. The summed E-state index contributed by atoms with van der Waals surface area (Å²) in [5, 5.41) is 2.71. The molecular weight excluding hydrogens is 427 g/mol. The Hall–Kier alpha value is -0.786. The monoisotopic (exact) mass is 451 g/mol. The maximum atomic E-state index is 12.5. The van der Waals surface area contributed by atoms with Crippen molar-refractivity contribution in [1.29, 1.82) is 0 Å². The fourth-order valence-electron chi connectivity index (χ4n) is 3.72. The molecule has 0 aromatic heterocycles. The van der Waals surface area contributed by atoms with Gasteiger partial charge >= 0.3 is 0 Å². The van der Waals surface area contributed by atoms with E-state index in [1.54, 1.807) is 37.7 Å². The molecule has 0 spiro atoms. The molecule has 1 fully saturated rings. The molecule has 1 radical (unpaired) electrons. The van der Waals surface area contributed by atoms with Crippen molar-refractivity contribution in [3.8, 4) is 0 Å². The van der Waals surface area contributed by atoms with Crippen LogP contribution in [0.5, 0.6) is 0 Å². The molecule has 2 N–H and O–H groups in total. The maximum absolute atomic E-state index is 12.5. The maximum Gasteiger partial charge on any atom is 0.263 e. The number of amidine groups is 1. The summed E-state index contributed by atoms with van der Waals surface area (Å²) in [5.41, 5.74) is 0.592. The van der Waals surface area contributed by atoms with E-state index >= 15 is 0 Å². The van der Waals surface area contributed by atoms with Crippen LogP contribution < -0.4 is 10.0 Å². The molecule has 1 heterocycles. The topological polar surface area (TPSA) is 87.6 Å². The van der Waals surface area contributed by atoms with E-state index in [0.717, 1.165) is 25.7 Å². The van der Waals surface area contributed by atoms with Crippen molar-refractivity contribution in [3.63, 3.8) is 0 Å². The number of aliphatic imine (C=N–C) groups is 1. The van der Waals surface area contributed by atoms with E-state index in [1.807, 2.05) is 0 Å². The van der Waals surface area contributed by atoms with Crippen molar-refractivity contribution in [2.24, 2.45) is 10.4 Å². The summed E-state index contributed by atoms with van der Waals surface area (Å²) < 4.78 is 27.0. The fraction of sp³-hybridized carbons (Fsp3) is 0.500. The Bertz CT molecular complexity index is 802. The van der Waals surface area contributed by atoms with Gasteiger partial charge in [0, 0.05) is 38.3 Å². The third-order valence-corrected chi connectivity index (χ3v) is 6.43. The van der Waals surface area contributed by atoms with E-state index in [9.17, 15) is 13.2 Å². The molecule has 3 rings (SSSR count). The molecule has 139 valence electrons. The van der Waals surface area contributed by atoms with Crippen LogP contribution in [0.15, 0.2) is 34.2 Å². The molecule has 1 aromatic rings. The zero-order valence-corrected chi connectivity index (χ0v) is 18.8. The van der Waals surface area contributed by atoms with Gasteiger partial charge in [-0.25, -0.2) is 15.0 Å². The molecule has 1 atom stereocenters. The number of sulfonamides is 1. The Morgan fingerprint density at radius 2 is 2.00 bits per heavy atom. The first-order valence-electron chi connectivity index (χ1n) is 8.63. The van der Waals surface area contributed by atoms with Crippen molar-refractivity contribution in [2.75, 3.05) is 0 Å². The van der Waals surface area contributed by atoms with E-state index in [2.05, 4.69) is 22.0 Å². The number of rotatable bonds is 5. The van der Waals surface area contributed by atoms with Crippen molar-refractivity contribution >= 4 is 21.8 Å². The van der Waals surface area contributed by atoms with Gasteiger partial charge in [-0.15, -0.1) is 0 Å². The van der Waals surface area contributed by atoms with Crippen LogP contribution in [-0.2, 0) is 47.5 Å². The molecule has 26 heavy (non-hydrogen) atoms. The first-order chi connectivity index (χ1) is 11.8. The molecule has 0 bridgehead atoms. The molecule has 0 saturated heterocycles. The summed E-state index contributed by atoms with van der Waals surface area (Å²) in [7, 11) is -3.60. The second-order valence-electron chi connectivity index (χ2n) is 7.11. The minimum atomic E-state index is -3.60. The van der Waals surface area contributed by atoms with Crippen molar-refractivity contribution in [1.82, 2.24) is 10.0 Å².